The Kier molecular flexibility index (Phi) is 2.14. The zero-order valence-corrected chi connectivity index (χ0v) is 6.36. The van der Waals surface area contributed by atoms with Crippen LogP contribution in [0.1, 0.15) is 4.79 Å². The maximum absolute atomic E-state index is 11.8. The van der Waals surface area contributed by atoms with Crippen molar-refractivity contribution < 1.29 is 18.0 Å². The molecule has 0 aliphatic carbocycles. The van der Waals surface area contributed by atoms with Crippen LogP contribution in [0.15, 0.2) is 18.3 Å². The Balaban J connectivity index is 3.01. The van der Waals surface area contributed by atoms with Gasteiger partial charge < -0.3 is 0 Å². The summed E-state index contributed by atoms with van der Waals surface area (Å²) in [6.07, 6.45) is -3.93. The summed E-state index contributed by atoms with van der Waals surface area (Å²) in [6, 6.07) is 2.46. The van der Waals surface area contributed by atoms with Crippen molar-refractivity contribution in [1.82, 2.24) is 4.57 Å². The predicted molar refractivity (Wildman–Crippen MR) is 36.1 cm³/mol. The number of halogens is 4. The molecule has 0 radical (unpaired) electrons. The summed E-state index contributed by atoms with van der Waals surface area (Å²) < 4.78 is 35.6. The fourth-order valence-corrected chi connectivity index (χ4v) is 0.867. The van der Waals surface area contributed by atoms with E-state index in [9.17, 15) is 18.0 Å². The van der Waals surface area contributed by atoms with Gasteiger partial charge in [0.2, 0.25) is 0 Å². The molecule has 0 fully saturated rings. The van der Waals surface area contributed by atoms with Gasteiger partial charge in [0.1, 0.15) is 5.15 Å². The van der Waals surface area contributed by atoms with Gasteiger partial charge in [0.05, 0.1) is 0 Å². The largest absolute Gasteiger partial charge is 0.472 e. The lowest BCUT2D eigenvalue weighted by Gasteiger charge is -2.05. The highest BCUT2D eigenvalue weighted by molar-refractivity contribution is 6.30. The molecule has 0 N–H and O–H groups in total. The van der Waals surface area contributed by atoms with E-state index >= 15 is 0 Å². The Morgan fingerprint density at radius 1 is 1.50 bits per heavy atom. The number of hydrogen-bond donors (Lipinski definition) is 0. The number of aromatic nitrogens is 1. The maximum Gasteiger partial charge on any atom is 0.472 e. The number of hydrogen-bond acceptors (Lipinski definition) is 1. The molecule has 0 saturated heterocycles. The van der Waals surface area contributed by atoms with Gasteiger partial charge in [-0.05, 0) is 12.1 Å². The molecule has 12 heavy (non-hydrogen) atoms. The molecule has 0 amide bonds. The lowest BCUT2D eigenvalue weighted by Crippen LogP contribution is -2.28. The lowest BCUT2D eigenvalue weighted by molar-refractivity contribution is -0.0945. The molecule has 66 valence electrons. The van der Waals surface area contributed by atoms with E-state index in [-0.39, 0.29) is 5.15 Å². The third-order valence-corrected chi connectivity index (χ3v) is 1.47. The van der Waals surface area contributed by atoms with E-state index in [4.69, 9.17) is 11.6 Å². The van der Waals surface area contributed by atoms with Gasteiger partial charge in [0.15, 0.2) is 0 Å². The van der Waals surface area contributed by atoms with Crippen molar-refractivity contribution >= 4 is 17.5 Å². The number of carbonyl (C=O) groups is 1. The van der Waals surface area contributed by atoms with Crippen LogP contribution < -0.4 is 0 Å². The smallest absolute Gasteiger partial charge is 0.270 e. The molecule has 1 aromatic heterocycles. The predicted octanol–water partition coefficient (Wildman–Crippen LogP) is 2.34. The van der Waals surface area contributed by atoms with Gasteiger partial charge in [0.25, 0.3) is 0 Å². The molecule has 0 atom stereocenters. The minimum atomic E-state index is -4.89. The first-order valence-electron chi connectivity index (χ1n) is 2.87. The van der Waals surface area contributed by atoms with Crippen LogP contribution in [-0.4, -0.2) is 16.7 Å². The van der Waals surface area contributed by atoms with Crippen molar-refractivity contribution in [3.8, 4) is 0 Å². The minimum absolute atomic E-state index is 0.252. The normalized spacial score (nSPS) is 11.7. The molecule has 0 unspecified atom stereocenters. The molecule has 1 heterocycles. The highest BCUT2D eigenvalue weighted by Gasteiger charge is 2.40. The molecule has 6 heteroatoms. The van der Waals surface area contributed by atoms with Crippen molar-refractivity contribution in [3.63, 3.8) is 0 Å². The average molecular weight is 198 g/mol. The van der Waals surface area contributed by atoms with E-state index in [1.165, 1.54) is 12.1 Å². The molecule has 1 aromatic rings. The van der Waals surface area contributed by atoms with Crippen molar-refractivity contribution in [2.45, 2.75) is 6.18 Å². The fraction of sp³-hybridized carbons (Fsp3) is 0.167. The fourth-order valence-electron chi connectivity index (χ4n) is 0.661. The van der Waals surface area contributed by atoms with E-state index < -0.39 is 12.1 Å². The average Bonchev–Trinajstić information content (AvgIpc) is 2.31. The molecule has 0 aliphatic rings. The van der Waals surface area contributed by atoms with E-state index in [1.54, 1.807) is 0 Å². The van der Waals surface area contributed by atoms with Gasteiger partial charge in [-0.3, -0.25) is 9.36 Å². The molecular formula is C6H3ClF3NO. The Morgan fingerprint density at radius 2 is 2.08 bits per heavy atom. The van der Waals surface area contributed by atoms with Crippen LogP contribution in [0.3, 0.4) is 0 Å². The summed E-state index contributed by atoms with van der Waals surface area (Å²) in [6.45, 7) is 0. The monoisotopic (exact) mass is 197 g/mol. The molecule has 1 rings (SSSR count). The van der Waals surface area contributed by atoms with Gasteiger partial charge in [-0.25, -0.2) is 0 Å². The standard InChI is InChI=1S/C6H3ClF3NO/c7-4-2-1-3-11(4)5(12)6(8,9)10/h1-3H. The Labute approximate surface area is 70.5 Å². The molecule has 2 nitrogen and oxygen atoms in total. The van der Waals surface area contributed by atoms with Crippen LogP contribution in [-0.2, 0) is 0 Å². The van der Waals surface area contributed by atoms with Crippen LogP contribution >= 0.6 is 11.6 Å². The van der Waals surface area contributed by atoms with Gasteiger partial charge in [-0.2, -0.15) is 13.2 Å². The van der Waals surface area contributed by atoms with E-state index in [1.807, 2.05) is 0 Å². The van der Waals surface area contributed by atoms with Crippen molar-refractivity contribution in [2.75, 3.05) is 0 Å². The van der Waals surface area contributed by atoms with E-state index in [0.717, 1.165) is 6.20 Å². The molecule has 0 saturated carbocycles. The van der Waals surface area contributed by atoms with Gasteiger partial charge in [-0.15, -0.1) is 0 Å². The van der Waals surface area contributed by atoms with Gasteiger partial charge in [0, 0.05) is 6.20 Å². The SMILES string of the molecule is O=C(n1cccc1Cl)C(F)(F)F. The summed E-state index contributed by atoms with van der Waals surface area (Å²) >= 11 is 5.28. The second-order valence-electron chi connectivity index (χ2n) is 2.00. The summed E-state index contributed by atoms with van der Waals surface area (Å²) in [7, 11) is 0. The number of nitrogens with zero attached hydrogens (tertiary/aromatic N) is 1. The second-order valence-corrected chi connectivity index (χ2v) is 2.39. The minimum Gasteiger partial charge on any atom is -0.270 e. The first kappa shape index (κ1) is 9.12. The lowest BCUT2D eigenvalue weighted by atomic mass is 10.6. The molecule has 0 aromatic carbocycles. The number of rotatable bonds is 0. The summed E-state index contributed by atoms with van der Waals surface area (Å²) in [4.78, 5) is 10.5. The summed E-state index contributed by atoms with van der Waals surface area (Å²) in [5.74, 6) is -1.99. The van der Waals surface area contributed by atoms with Crippen LogP contribution in [0, 0.1) is 0 Å². The van der Waals surface area contributed by atoms with Crippen LogP contribution in [0.25, 0.3) is 0 Å². The van der Waals surface area contributed by atoms with Crippen molar-refractivity contribution in [1.29, 1.82) is 0 Å². The Hall–Kier alpha value is -0.970. The van der Waals surface area contributed by atoms with Gasteiger partial charge >= 0.3 is 12.1 Å². The molecular weight excluding hydrogens is 195 g/mol. The molecule has 0 bridgehead atoms. The van der Waals surface area contributed by atoms with Crippen molar-refractivity contribution in [2.24, 2.45) is 0 Å². The third kappa shape index (κ3) is 1.61. The van der Waals surface area contributed by atoms with E-state index in [0.29, 0.717) is 4.57 Å². The second kappa shape index (κ2) is 2.82. The maximum atomic E-state index is 11.8. The Morgan fingerprint density at radius 3 is 2.42 bits per heavy atom. The third-order valence-electron chi connectivity index (χ3n) is 1.16. The number of alkyl halides is 3. The van der Waals surface area contributed by atoms with Crippen LogP contribution in [0.5, 0.6) is 0 Å². The quantitative estimate of drug-likeness (QED) is 0.626. The van der Waals surface area contributed by atoms with E-state index in [2.05, 4.69) is 0 Å². The molecule has 0 aliphatic heterocycles. The topological polar surface area (TPSA) is 22.0 Å². The highest BCUT2D eigenvalue weighted by atomic mass is 35.5. The van der Waals surface area contributed by atoms with Crippen molar-refractivity contribution in [3.05, 3.63) is 23.5 Å². The highest BCUT2D eigenvalue weighted by Crippen LogP contribution is 2.20. The molecule has 0 spiro atoms. The zero-order chi connectivity index (χ0) is 9.35. The van der Waals surface area contributed by atoms with Gasteiger partial charge in [-0.1, -0.05) is 11.6 Å². The number of carbonyl (C=O) groups excluding carboxylic acids is 1. The first-order chi connectivity index (χ1) is 5.43. The van der Waals surface area contributed by atoms with Crippen LogP contribution in [0.4, 0.5) is 13.2 Å². The summed E-state index contributed by atoms with van der Waals surface area (Å²) in [5.41, 5.74) is 0. The summed E-state index contributed by atoms with van der Waals surface area (Å²) in [5, 5.41) is -0.252. The van der Waals surface area contributed by atoms with Crippen LogP contribution in [0.2, 0.25) is 5.15 Å². The Bertz CT molecular complexity index is 304. The zero-order valence-electron chi connectivity index (χ0n) is 5.60. The first-order valence-corrected chi connectivity index (χ1v) is 3.25.